The largest absolute Gasteiger partial charge is 0.390 e. The SMILES string of the molecule is OC1(CC2CCCCO2)CCC1. The maximum Gasteiger partial charge on any atom is 0.0672 e. The second kappa shape index (κ2) is 3.35. The number of aliphatic hydroxyl groups is 1. The van der Waals surface area contributed by atoms with Crippen molar-refractivity contribution in [2.45, 2.75) is 56.7 Å². The summed E-state index contributed by atoms with van der Waals surface area (Å²) < 4.78 is 5.59. The molecular formula is C10H18O2. The van der Waals surface area contributed by atoms with Crippen molar-refractivity contribution in [3.63, 3.8) is 0 Å². The van der Waals surface area contributed by atoms with Crippen molar-refractivity contribution in [1.82, 2.24) is 0 Å². The predicted octanol–water partition coefficient (Wildman–Crippen LogP) is 1.86. The molecule has 2 fully saturated rings. The van der Waals surface area contributed by atoms with E-state index in [1.807, 2.05) is 0 Å². The highest BCUT2D eigenvalue weighted by atomic mass is 16.5. The van der Waals surface area contributed by atoms with E-state index in [1.54, 1.807) is 0 Å². The Hall–Kier alpha value is -0.0800. The molecule has 1 N–H and O–H groups in total. The smallest absolute Gasteiger partial charge is 0.0672 e. The Morgan fingerprint density at radius 2 is 2.08 bits per heavy atom. The van der Waals surface area contributed by atoms with Crippen LogP contribution in [-0.4, -0.2) is 23.4 Å². The molecule has 2 nitrogen and oxygen atoms in total. The van der Waals surface area contributed by atoms with Gasteiger partial charge in [0.25, 0.3) is 0 Å². The molecule has 0 aromatic carbocycles. The molecule has 1 heterocycles. The molecule has 1 saturated carbocycles. The molecule has 2 heteroatoms. The molecule has 0 aromatic rings. The van der Waals surface area contributed by atoms with Crippen molar-refractivity contribution >= 4 is 0 Å². The Balaban J connectivity index is 1.77. The van der Waals surface area contributed by atoms with Gasteiger partial charge in [-0.3, -0.25) is 0 Å². The Morgan fingerprint density at radius 3 is 2.58 bits per heavy atom. The first-order valence-electron chi connectivity index (χ1n) is 5.13. The quantitative estimate of drug-likeness (QED) is 0.685. The standard InChI is InChI=1S/C10H18O2/c11-10(5-3-6-10)8-9-4-1-2-7-12-9/h9,11H,1-8H2. The average molecular weight is 170 g/mol. The van der Waals surface area contributed by atoms with Gasteiger partial charge in [-0.1, -0.05) is 0 Å². The molecule has 1 atom stereocenters. The van der Waals surface area contributed by atoms with E-state index in [0.717, 1.165) is 32.3 Å². The van der Waals surface area contributed by atoms with Gasteiger partial charge in [0.2, 0.25) is 0 Å². The van der Waals surface area contributed by atoms with Gasteiger partial charge < -0.3 is 9.84 Å². The topological polar surface area (TPSA) is 29.5 Å². The lowest BCUT2D eigenvalue weighted by Gasteiger charge is -2.40. The Bertz CT molecular complexity index is 146. The Kier molecular flexibility index (Phi) is 2.37. The summed E-state index contributed by atoms with van der Waals surface area (Å²) in [4.78, 5) is 0. The van der Waals surface area contributed by atoms with E-state index in [1.165, 1.54) is 19.3 Å². The lowest BCUT2D eigenvalue weighted by atomic mass is 9.76. The van der Waals surface area contributed by atoms with Gasteiger partial charge in [0.05, 0.1) is 11.7 Å². The summed E-state index contributed by atoms with van der Waals surface area (Å²) >= 11 is 0. The first-order chi connectivity index (χ1) is 5.79. The highest BCUT2D eigenvalue weighted by molar-refractivity contribution is 4.90. The molecule has 2 rings (SSSR count). The van der Waals surface area contributed by atoms with Gasteiger partial charge >= 0.3 is 0 Å². The zero-order valence-electron chi connectivity index (χ0n) is 7.59. The predicted molar refractivity (Wildman–Crippen MR) is 47.0 cm³/mol. The van der Waals surface area contributed by atoms with Crippen molar-refractivity contribution in [2.75, 3.05) is 6.61 Å². The zero-order chi connectivity index (χ0) is 8.44. The Morgan fingerprint density at radius 1 is 1.25 bits per heavy atom. The normalized spacial score (nSPS) is 34.2. The lowest BCUT2D eigenvalue weighted by molar-refractivity contribution is -0.0941. The lowest BCUT2D eigenvalue weighted by Crippen LogP contribution is -2.41. The molecular weight excluding hydrogens is 152 g/mol. The van der Waals surface area contributed by atoms with Gasteiger partial charge in [0, 0.05) is 13.0 Å². The molecule has 1 unspecified atom stereocenters. The molecule has 1 aliphatic carbocycles. The van der Waals surface area contributed by atoms with Crippen LogP contribution in [0.2, 0.25) is 0 Å². The van der Waals surface area contributed by atoms with Gasteiger partial charge in [-0.15, -0.1) is 0 Å². The van der Waals surface area contributed by atoms with E-state index in [2.05, 4.69) is 0 Å². The highest BCUT2D eigenvalue weighted by Crippen LogP contribution is 2.37. The molecule has 2 aliphatic rings. The van der Waals surface area contributed by atoms with Crippen LogP contribution in [0, 0.1) is 0 Å². The van der Waals surface area contributed by atoms with E-state index in [4.69, 9.17) is 4.74 Å². The van der Waals surface area contributed by atoms with E-state index in [-0.39, 0.29) is 5.60 Å². The van der Waals surface area contributed by atoms with Gasteiger partial charge in [-0.05, 0) is 38.5 Å². The fourth-order valence-electron chi connectivity index (χ4n) is 2.18. The van der Waals surface area contributed by atoms with Crippen LogP contribution < -0.4 is 0 Å². The van der Waals surface area contributed by atoms with Crippen molar-refractivity contribution in [2.24, 2.45) is 0 Å². The van der Waals surface area contributed by atoms with Crippen LogP contribution in [0.3, 0.4) is 0 Å². The third kappa shape index (κ3) is 1.80. The minimum Gasteiger partial charge on any atom is -0.390 e. The average Bonchev–Trinajstić information content (AvgIpc) is 2.04. The summed E-state index contributed by atoms with van der Waals surface area (Å²) in [5.41, 5.74) is -0.345. The van der Waals surface area contributed by atoms with E-state index in [9.17, 15) is 5.11 Å². The van der Waals surface area contributed by atoms with Crippen LogP contribution in [0.1, 0.15) is 44.9 Å². The summed E-state index contributed by atoms with van der Waals surface area (Å²) in [6.07, 6.45) is 8.05. The molecule has 1 saturated heterocycles. The van der Waals surface area contributed by atoms with Crippen LogP contribution >= 0.6 is 0 Å². The Labute approximate surface area is 73.9 Å². The monoisotopic (exact) mass is 170 g/mol. The van der Waals surface area contributed by atoms with Crippen molar-refractivity contribution in [3.8, 4) is 0 Å². The van der Waals surface area contributed by atoms with Crippen LogP contribution in [0.5, 0.6) is 0 Å². The first-order valence-corrected chi connectivity index (χ1v) is 5.13. The van der Waals surface area contributed by atoms with Crippen molar-refractivity contribution in [1.29, 1.82) is 0 Å². The summed E-state index contributed by atoms with van der Waals surface area (Å²) in [7, 11) is 0. The number of hydrogen-bond acceptors (Lipinski definition) is 2. The van der Waals surface area contributed by atoms with Crippen LogP contribution in [0.4, 0.5) is 0 Å². The summed E-state index contributed by atoms with van der Waals surface area (Å²) in [6, 6.07) is 0. The second-order valence-corrected chi connectivity index (χ2v) is 4.27. The molecule has 0 aromatic heterocycles. The molecule has 1 aliphatic heterocycles. The van der Waals surface area contributed by atoms with Crippen LogP contribution in [0.25, 0.3) is 0 Å². The molecule has 70 valence electrons. The molecule has 12 heavy (non-hydrogen) atoms. The molecule has 0 bridgehead atoms. The minimum absolute atomic E-state index is 0.345. The van der Waals surface area contributed by atoms with Gasteiger partial charge in [0.15, 0.2) is 0 Å². The number of rotatable bonds is 2. The molecule has 0 amide bonds. The first kappa shape index (κ1) is 8.52. The van der Waals surface area contributed by atoms with E-state index in [0.29, 0.717) is 6.10 Å². The van der Waals surface area contributed by atoms with Crippen molar-refractivity contribution < 1.29 is 9.84 Å². The fourth-order valence-corrected chi connectivity index (χ4v) is 2.18. The summed E-state index contributed by atoms with van der Waals surface area (Å²) in [6.45, 7) is 0.904. The van der Waals surface area contributed by atoms with E-state index >= 15 is 0 Å². The fraction of sp³-hybridized carbons (Fsp3) is 1.00. The number of ether oxygens (including phenoxy) is 1. The van der Waals surface area contributed by atoms with Gasteiger partial charge in [-0.25, -0.2) is 0 Å². The zero-order valence-corrected chi connectivity index (χ0v) is 7.59. The minimum atomic E-state index is -0.345. The van der Waals surface area contributed by atoms with Gasteiger partial charge in [-0.2, -0.15) is 0 Å². The second-order valence-electron chi connectivity index (χ2n) is 4.27. The van der Waals surface area contributed by atoms with E-state index < -0.39 is 0 Å². The summed E-state index contributed by atoms with van der Waals surface area (Å²) in [5, 5.41) is 9.88. The maximum absolute atomic E-state index is 9.88. The van der Waals surface area contributed by atoms with Crippen LogP contribution in [-0.2, 0) is 4.74 Å². The molecule has 0 radical (unpaired) electrons. The number of hydrogen-bond donors (Lipinski definition) is 1. The van der Waals surface area contributed by atoms with Gasteiger partial charge in [0.1, 0.15) is 0 Å². The van der Waals surface area contributed by atoms with Crippen LogP contribution in [0.15, 0.2) is 0 Å². The third-order valence-electron chi connectivity index (χ3n) is 3.17. The molecule has 0 spiro atoms. The third-order valence-corrected chi connectivity index (χ3v) is 3.17. The highest BCUT2D eigenvalue weighted by Gasteiger charge is 2.37. The maximum atomic E-state index is 9.88. The van der Waals surface area contributed by atoms with Crippen molar-refractivity contribution in [3.05, 3.63) is 0 Å². The summed E-state index contributed by atoms with van der Waals surface area (Å²) in [5.74, 6) is 0.